The van der Waals surface area contributed by atoms with Crippen LogP contribution in [0.15, 0.2) is 54.3 Å². The second kappa shape index (κ2) is 7.57. The standard InChI is InChI=1S/C22H20Cl2O3/c23-16-9-10-17(18(24)13-16)19-20(26-14-15-7-3-1-4-8-15)22(27-21(19)25)11-5-2-6-12-22/h1,3-4,7-10,13H,2,5-6,11-12,14H2. The van der Waals surface area contributed by atoms with Crippen LogP contribution in [0.25, 0.3) is 5.57 Å². The molecule has 1 fully saturated rings. The van der Waals surface area contributed by atoms with Crippen LogP contribution in [0.4, 0.5) is 0 Å². The average Bonchev–Trinajstić information content (AvgIpc) is 2.92. The fourth-order valence-corrected chi connectivity index (χ4v) is 4.41. The number of hydrogen-bond donors (Lipinski definition) is 0. The van der Waals surface area contributed by atoms with E-state index in [1.54, 1.807) is 18.2 Å². The van der Waals surface area contributed by atoms with Crippen molar-refractivity contribution in [2.75, 3.05) is 0 Å². The van der Waals surface area contributed by atoms with Crippen molar-refractivity contribution < 1.29 is 14.3 Å². The van der Waals surface area contributed by atoms with E-state index in [0.717, 1.165) is 37.7 Å². The predicted octanol–water partition coefficient (Wildman–Crippen LogP) is 6.18. The molecule has 140 valence electrons. The summed E-state index contributed by atoms with van der Waals surface area (Å²) in [6.07, 6.45) is 4.71. The van der Waals surface area contributed by atoms with Gasteiger partial charge in [0.05, 0.1) is 5.02 Å². The van der Waals surface area contributed by atoms with Gasteiger partial charge in [0.15, 0.2) is 11.4 Å². The Morgan fingerprint density at radius 2 is 1.74 bits per heavy atom. The summed E-state index contributed by atoms with van der Waals surface area (Å²) in [5, 5.41) is 0.943. The molecule has 3 nitrogen and oxygen atoms in total. The van der Waals surface area contributed by atoms with E-state index in [0.29, 0.717) is 33.5 Å². The van der Waals surface area contributed by atoms with Crippen molar-refractivity contribution in [2.45, 2.75) is 44.3 Å². The summed E-state index contributed by atoms with van der Waals surface area (Å²) >= 11 is 12.4. The van der Waals surface area contributed by atoms with Crippen molar-refractivity contribution in [1.29, 1.82) is 0 Å². The molecule has 1 spiro atoms. The second-order valence-electron chi connectivity index (χ2n) is 7.05. The molecule has 2 aromatic rings. The van der Waals surface area contributed by atoms with Gasteiger partial charge in [-0.25, -0.2) is 4.79 Å². The SMILES string of the molecule is O=C1OC2(CCCCC2)C(OCc2ccccc2)=C1c1ccc(Cl)cc1Cl. The van der Waals surface area contributed by atoms with Crippen LogP contribution in [-0.4, -0.2) is 11.6 Å². The number of carbonyl (C=O) groups excluding carboxylic acids is 1. The Bertz CT molecular complexity index is 884. The number of benzene rings is 2. The summed E-state index contributed by atoms with van der Waals surface area (Å²) in [5.74, 6) is 0.240. The molecule has 1 aliphatic heterocycles. The molecule has 0 bridgehead atoms. The van der Waals surface area contributed by atoms with E-state index < -0.39 is 5.60 Å². The second-order valence-corrected chi connectivity index (χ2v) is 7.89. The van der Waals surface area contributed by atoms with Crippen LogP contribution in [0.2, 0.25) is 10.0 Å². The molecule has 1 saturated carbocycles. The van der Waals surface area contributed by atoms with E-state index in [2.05, 4.69) is 0 Å². The zero-order valence-corrected chi connectivity index (χ0v) is 16.4. The molecular formula is C22H20Cl2O3. The van der Waals surface area contributed by atoms with Crippen LogP contribution in [0.3, 0.4) is 0 Å². The maximum atomic E-state index is 12.9. The highest BCUT2D eigenvalue weighted by atomic mass is 35.5. The van der Waals surface area contributed by atoms with E-state index in [4.69, 9.17) is 32.7 Å². The molecule has 0 unspecified atom stereocenters. The number of rotatable bonds is 4. The molecule has 1 heterocycles. The van der Waals surface area contributed by atoms with Crippen LogP contribution < -0.4 is 0 Å². The Morgan fingerprint density at radius 3 is 2.44 bits per heavy atom. The lowest BCUT2D eigenvalue weighted by molar-refractivity contribution is -0.150. The maximum Gasteiger partial charge on any atom is 0.343 e. The Labute approximate surface area is 168 Å². The Kier molecular flexibility index (Phi) is 5.16. The van der Waals surface area contributed by atoms with Gasteiger partial charge >= 0.3 is 5.97 Å². The molecule has 0 saturated heterocycles. The summed E-state index contributed by atoms with van der Waals surface area (Å²) in [7, 11) is 0. The lowest BCUT2D eigenvalue weighted by atomic mass is 9.82. The van der Waals surface area contributed by atoms with E-state index in [1.807, 2.05) is 30.3 Å². The van der Waals surface area contributed by atoms with Crippen molar-refractivity contribution in [3.8, 4) is 0 Å². The van der Waals surface area contributed by atoms with Gasteiger partial charge in [-0.1, -0.05) is 66.0 Å². The molecule has 0 aromatic heterocycles. The average molecular weight is 403 g/mol. The first-order valence-corrected chi connectivity index (χ1v) is 9.95. The first kappa shape index (κ1) is 18.4. The van der Waals surface area contributed by atoms with Crippen molar-refractivity contribution in [3.63, 3.8) is 0 Å². The number of hydrogen-bond acceptors (Lipinski definition) is 3. The van der Waals surface area contributed by atoms with Gasteiger partial charge < -0.3 is 9.47 Å². The molecule has 2 aromatic carbocycles. The third-order valence-corrected chi connectivity index (χ3v) is 5.77. The molecule has 1 aliphatic carbocycles. The third kappa shape index (κ3) is 3.59. The fraction of sp³-hybridized carbons (Fsp3) is 0.318. The first-order valence-electron chi connectivity index (χ1n) is 9.19. The molecular weight excluding hydrogens is 383 g/mol. The van der Waals surface area contributed by atoms with Crippen molar-refractivity contribution in [3.05, 3.63) is 75.5 Å². The lowest BCUT2D eigenvalue weighted by Gasteiger charge is -2.34. The monoisotopic (exact) mass is 402 g/mol. The van der Waals surface area contributed by atoms with Crippen LogP contribution in [-0.2, 0) is 20.9 Å². The topological polar surface area (TPSA) is 35.5 Å². The summed E-state index contributed by atoms with van der Waals surface area (Å²) < 4.78 is 12.2. The van der Waals surface area contributed by atoms with Gasteiger partial charge in [-0.15, -0.1) is 0 Å². The Balaban J connectivity index is 1.77. The molecule has 5 heteroatoms. The highest BCUT2D eigenvalue weighted by Gasteiger charge is 2.50. The maximum absolute atomic E-state index is 12.9. The van der Waals surface area contributed by atoms with Gasteiger partial charge in [0.1, 0.15) is 12.2 Å². The van der Waals surface area contributed by atoms with Gasteiger partial charge in [0, 0.05) is 10.6 Å². The molecule has 4 rings (SSSR count). The van der Waals surface area contributed by atoms with E-state index in [-0.39, 0.29) is 5.97 Å². The van der Waals surface area contributed by atoms with Gasteiger partial charge in [-0.2, -0.15) is 0 Å². The summed E-state index contributed by atoms with van der Waals surface area (Å²) in [5.41, 5.74) is 1.39. The molecule has 0 radical (unpaired) electrons. The predicted molar refractivity (Wildman–Crippen MR) is 107 cm³/mol. The van der Waals surface area contributed by atoms with Crippen LogP contribution in [0.1, 0.15) is 43.2 Å². The van der Waals surface area contributed by atoms with E-state index >= 15 is 0 Å². The Hall–Kier alpha value is -1.97. The van der Waals surface area contributed by atoms with Gasteiger partial charge in [0.25, 0.3) is 0 Å². The third-order valence-electron chi connectivity index (χ3n) is 5.22. The van der Waals surface area contributed by atoms with Crippen LogP contribution in [0, 0.1) is 0 Å². The minimum Gasteiger partial charge on any atom is -0.488 e. The van der Waals surface area contributed by atoms with Crippen LogP contribution in [0.5, 0.6) is 0 Å². The number of carbonyl (C=O) groups is 1. The summed E-state index contributed by atoms with van der Waals surface area (Å²) in [6, 6.07) is 15.0. The number of esters is 1. The zero-order valence-electron chi connectivity index (χ0n) is 14.8. The molecule has 0 atom stereocenters. The molecule has 0 amide bonds. The fourth-order valence-electron chi connectivity index (χ4n) is 3.91. The molecule has 27 heavy (non-hydrogen) atoms. The minimum absolute atomic E-state index is 0.371. The normalized spacial score (nSPS) is 18.7. The molecule has 2 aliphatic rings. The van der Waals surface area contributed by atoms with Crippen LogP contribution >= 0.6 is 23.2 Å². The minimum atomic E-state index is -0.678. The highest BCUT2D eigenvalue weighted by molar-refractivity contribution is 6.37. The van der Waals surface area contributed by atoms with Crippen molar-refractivity contribution in [2.24, 2.45) is 0 Å². The van der Waals surface area contributed by atoms with Crippen molar-refractivity contribution in [1.82, 2.24) is 0 Å². The van der Waals surface area contributed by atoms with E-state index in [1.165, 1.54) is 0 Å². The van der Waals surface area contributed by atoms with E-state index in [9.17, 15) is 4.79 Å². The number of halogens is 2. The molecule has 0 N–H and O–H groups in total. The van der Waals surface area contributed by atoms with Gasteiger partial charge in [0.2, 0.25) is 0 Å². The van der Waals surface area contributed by atoms with Crippen molar-refractivity contribution >= 4 is 34.7 Å². The quantitative estimate of drug-likeness (QED) is 0.572. The smallest absolute Gasteiger partial charge is 0.343 e. The largest absolute Gasteiger partial charge is 0.488 e. The zero-order chi connectivity index (χ0) is 18.9. The lowest BCUT2D eigenvalue weighted by Crippen LogP contribution is -2.35. The highest BCUT2D eigenvalue weighted by Crippen LogP contribution is 2.48. The first-order chi connectivity index (χ1) is 13.1. The van der Waals surface area contributed by atoms with Gasteiger partial charge in [-0.05, 0) is 43.4 Å². The summed E-state index contributed by atoms with van der Waals surface area (Å²) in [6.45, 7) is 0.378. The summed E-state index contributed by atoms with van der Waals surface area (Å²) in [4.78, 5) is 12.9. The number of ether oxygens (including phenoxy) is 2. The Morgan fingerprint density at radius 1 is 1.00 bits per heavy atom. The van der Waals surface area contributed by atoms with Gasteiger partial charge in [-0.3, -0.25) is 0 Å².